The van der Waals surface area contributed by atoms with Crippen molar-refractivity contribution < 1.29 is 21.6 Å². The third-order valence-corrected chi connectivity index (χ3v) is 4.36. The largest absolute Gasteiger partial charge is 0.455 e. The zero-order chi connectivity index (χ0) is 22.0. The Bertz CT molecular complexity index is 1300. The van der Waals surface area contributed by atoms with Gasteiger partial charge in [0.25, 0.3) is 0 Å². The second-order valence-electron chi connectivity index (χ2n) is 5.95. The van der Waals surface area contributed by atoms with Crippen molar-refractivity contribution in [1.82, 2.24) is 0 Å². The van der Waals surface area contributed by atoms with E-state index in [9.17, 15) is 4.39 Å². The molecule has 0 bridgehead atoms. The van der Waals surface area contributed by atoms with Crippen LogP contribution in [0.5, 0.6) is 0 Å². The zero-order valence-corrected chi connectivity index (χ0v) is 13.3. The van der Waals surface area contributed by atoms with Gasteiger partial charge in [-0.3, -0.25) is 0 Å². The van der Waals surface area contributed by atoms with Gasteiger partial charge in [-0.25, -0.2) is 8.96 Å². The number of aryl methyl sites for hydroxylation is 4. The number of fused-ring (bicyclic) bond motifs is 3. The van der Waals surface area contributed by atoms with Gasteiger partial charge in [0.15, 0.2) is 6.20 Å². The fourth-order valence-corrected chi connectivity index (χ4v) is 3.16. The molecule has 0 amide bonds. The molecule has 0 fully saturated rings. The van der Waals surface area contributed by atoms with E-state index in [1.54, 1.807) is 17.7 Å². The van der Waals surface area contributed by atoms with Gasteiger partial charge in [0, 0.05) is 36.2 Å². The van der Waals surface area contributed by atoms with E-state index < -0.39 is 25.1 Å². The Balaban J connectivity index is 2.07. The van der Waals surface area contributed by atoms with Crippen molar-refractivity contribution in [2.45, 2.75) is 20.6 Å². The molecule has 24 heavy (non-hydrogen) atoms. The van der Waals surface area contributed by atoms with Gasteiger partial charge in [-0.05, 0) is 44.4 Å². The van der Waals surface area contributed by atoms with Crippen LogP contribution in [0.3, 0.4) is 0 Å². The SMILES string of the molecule is [2H]C([2H])([2H])c1ccc(-c2c(C)ccc3c2oc2c(C([2H])([2H])[2H])c(F)ccc23)[n+](C)c1. The fourth-order valence-electron chi connectivity index (χ4n) is 3.16. The summed E-state index contributed by atoms with van der Waals surface area (Å²) in [6.07, 6.45) is 1.54. The van der Waals surface area contributed by atoms with Crippen LogP contribution >= 0.6 is 0 Å². The Kier molecular flexibility index (Phi) is 2.06. The fraction of sp³-hybridized carbons (Fsp3) is 0.190. The van der Waals surface area contributed by atoms with Gasteiger partial charge in [0.1, 0.15) is 24.0 Å². The minimum atomic E-state index is -2.67. The summed E-state index contributed by atoms with van der Waals surface area (Å²) in [6.45, 7) is -3.02. The lowest BCUT2D eigenvalue weighted by Crippen LogP contribution is -2.31. The minimum absolute atomic E-state index is 0.00128. The molecule has 120 valence electrons. The molecule has 0 saturated heterocycles. The molecule has 0 unspecified atom stereocenters. The lowest BCUT2D eigenvalue weighted by Gasteiger charge is -2.05. The lowest BCUT2D eigenvalue weighted by molar-refractivity contribution is -0.660. The van der Waals surface area contributed by atoms with Gasteiger partial charge in [0.05, 0.1) is 5.56 Å². The van der Waals surface area contributed by atoms with Crippen LogP contribution in [0.1, 0.15) is 24.9 Å². The number of benzene rings is 2. The number of aromatic nitrogens is 1. The monoisotopic (exact) mass is 326 g/mol. The molecule has 0 atom stereocenters. The molecule has 0 aliphatic rings. The predicted molar refractivity (Wildman–Crippen MR) is 94.5 cm³/mol. The van der Waals surface area contributed by atoms with Crippen LogP contribution in [0, 0.1) is 26.4 Å². The van der Waals surface area contributed by atoms with Gasteiger partial charge in [-0.2, -0.15) is 0 Å². The van der Waals surface area contributed by atoms with Crippen LogP contribution in [0.25, 0.3) is 33.2 Å². The first-order chi connectivity index (χ1) is 13.9. The van der Waals surface area contributed by atoms with Gasteiger partial charge in [0.2, 0.25) is 5.69 Å². The highest BCUT2D eigenvalue weighted by Crippen LogP contribution is 2.38. The summed E-state index contributed by atoms with van der Waals surface area (Å²) in [5.74, 6) is -0.840. The molecular formula is C21H19FNO+. The van der Waals surface area contributed by atoms with E-state index in [1.165, 1.54) is 18.3 Å². The molecule has 3 heteroatoms. The van der Waals surface area contributed by atoms with Crippen LogP contribution in [0.15, 0.2) is 47.0 Å². The predicted octanol–water partition coefficient (Wildman–Crippen LogP) is 5.14. The number of furan rings is 1. The molecule has 2 aromatic carbocycles. The maximum atomic E-state index is 14.4. The summed E-state index contributed by atoms with van der Waals surface area (Å²) in [6, 6.07) is 9.59. The van der Waals surface area contributed by atoms with Crippen molar-refractivity contribution in [2.24, 2.45) is 7.05 Å². The van der Waals surface area contributed by atoms with E-state index in [1.807, 2.05) is 19.1 Å². The van der Waals surface area contributed by atoms with Crippen LogP contribution in [-0.4, -0.2) is 0 Å². The summed E-state index contributed by atoms with van der Waals surface area (Å²) in [5, 5.41) is 1.18. The quantitative estimate of drug-likeness (QED) is 0.443. The average Bonchev–Trinajstić information content (AvgIpc) is 2.98. The molecule has 4 rings (SSSR count). The van der Waals surface area contributed by atoms with Crippen molar-refractivity contribution in [3.05, 3.63) is 65.1 Å². The number of hydrogen-bond donors (Lipinski definition) is 0. The Morgan fingerprint density at radius 3 is 2.54 bits per heavy atom. The molecule has 0 saturated carbocycles. The summed E-state index contributed by atoms with van der Waals surface area (Å²) in [7, 11) is 1.74. The molecule has 0 spiro atoms. The lowest BCUT2D eigenvalue weighted by atomic mass is 10.00. The molecule has 0 aliphatic heterocycles. The van der Waals surface area contributed by atoms with E-state index in [0.29, 0.717) is 27.6 Å². The minimum Gasteiger partial charge on any atom is -0.455 e. The molecule has 2 nitrogen and oxygen atoms in total. The highest BCUT2D eigenvalue weighted by Gasteiger charge is 2.21. The number of nitrogens with zero attached hydrogens (tertiary/aromatic N) is 1. The van der Waals surface area contributed by atoms with Crippen molar-refractivity contribution in [2.75, 3.05) is 0 Å². The van der Waals surface area contributed by atoms with Crippen molar-refractivity contribution in [1.29, 1.82) is 0 Å². The molecular weight excluding hydrogens is 301 g/mol. The number of hydrogen-bond acceptors (Lipinski definition) is 1. The van der Waals surface area contributed by atoms with E-state index in [-0.39, 0.29) is 11.1 Å². The second kappa shape index (κ2) is 5.17. The van der Waals surface area contributed by atoms with Crippen LogP contribution in [0.2, 0.25) is 0 Å². The molecule has 2 heterocycles. The Hall–Kier alpha value is -2.68. The van der Waals surface area contributed by atoms with Crippen LogP contribution < -0.4 is 4.57 Å². The number of rotatable bonds is 1. The van der Waals surface area contributed by atoms with Crippen molar-refractivity contribution in [3.63, 3.8) is 0 Å². The number of pyridine rings is 1. The van der Waals surface area contributed by atoms with Crippen LogP contribution in [0.4, 0.5) is 4.39 Å². The second-order valence-corrected chi connectivity index (χ2v) is 5.95. The third-order valence-electron chi connectivity index (χ3n) is 4.36. The van der Waals surface area contributed by atoms with Gasteiger partial charge < -0.3 is 4.42 Å². The van der Waals surface area contributed by atoms with Gasteiger partial charge in [-0.1, -0.05) is 12.1 Å². The highest BCUT2D eigenvalue weighted by atomic mass is 19.1. The average molecular weight is 326 g/mol. The van der Waals surface area contributed by atoms with E-state index in [2.05, 4.69) is 0 Å². The van der Waals surface area contributed by atoms with Crippen LogP contribution in [-0.2, 0) is 7.05 Å². The zero-order valence-electron chi connectivity index (χ0n) is 19.3. The van der Waals surface area contributed by atoms with E-state index in [4.69, 9.17) is 12.6 Å². The Labute approximate surface area is 148 Å². The number of halogens is 1. The maximum Gasteiger partial charge on any atom is 0.216 e. The molecule has 4 aromatic rings. The maximum absolute atomic E-state index is 14.4. The normalized spacial score (nSPS) is 16.3. The standard InChI is InChI=1S/C21H19FNO/c1-12-5-10-18(23(4)11-12)19-13(2)6-7-16-15-8-9-17(22)14(3)20(15)24-21(16)19/h5-11H,1-4H3/q+1/i1D3,3D3. The molecule has 0 radical (unpaired) electrons. The van der Waals surface area contributed by atoms with E-state index in [0.717, 1.165) is 11.6 Å². The first-order valence-corrected chi connectivity index (χ1v) is 7.55. The first kappa shape index (κ1) is 9.58. The summed E-state index contributed by atoms with van der Waals surface area (Å²) in [5.41, 5.74) is 2.43. The first-order valence-electron chi connectivity index (χ1n) is 10.5. The third kappa shape index (κ3) is 2.04. The summed E-state index contributed by atoms with van der Waals surface area (Å²) >= 11 is 0. The van der Waals surface area contributed by atoms with E-state index >= 15 is 0 Å². The molecule has 2 aromatic heterocycles. The summed E-state index contributed by atoms with van der Waals surface area (Å²) in [4.78, 5) is 0. The van der Waals surface area contributed by atoms with Gasteiger partial charge >= 0.3 is 0 Å². The molecule has 0 N–H and O–H groups in total. The topological polar surface area (TPSA) is 17.0 Å². The summed E-state index contributed by atoms with van der Waals surface area (Å²) < 4.78 is 68.1. The Morgan fingerprint density at radius 2 is 1.79 bits per heavy atom. The van der Waals surface area contributed by atoms with Crippen molar-refractivity contribution >= 4 is 21.9 Å². The Morgan fingerprint density at radius 1 is 1.00 bits per heavy atom. The smallest absolute Gasteiger partial charge is 0.216 e. The van der Waals surface area contributed by atoms with Crippen molar-refractivity contribution in [3.8, 4) is 11.3 Å². The molecule has 0 aliphatic carbocycles. The highest BCUT2D eigenvalue weighted by molar-refractivity contribution is 6.10. The van der Waals surface area contributed by atoms with Gasteiger partial charge in [-0.15, -0.1) is 0 Å².